The van der Waals surface area contributed by atoms with Crippen molar-refractivity contribution in [3.63, 3.8) is 0 Å². The summed E-state index contributed by atoms with van der Waals surface area (Å²) < 4.78 is 7.68. The second-order valence-corrected chi connectivity index (χ2v) is 8.61. The number of hydrogen-bond donors (Lipinski definition) is 3. The van der Waals surface area contributed by atoms with E-state index in [0.717, 1.165) is 78.9 Å². The second kappa shape index (κ2) is 9.14. The van der Waals surface area contributed by atoms with Crippen LogP contribution in [-0.4, -0.2) is 66.6 Å². The van der Waals surface area contributed by atoms with Gasteiger partial charge in [0.1, 0.15) is 11.3 Å². The smallest absolute Gasteiger partial charge is 0.205 e. The Balaban J connectivity index is 1.04. The molecule has 0 spiro atoms. The second-order valence-electron chi connectivity index (χ2n) is 8.61. The van der Waals surface area contributed by atoms with Crippen LogP contribution in [-0.2, 0) is 6.54 Å². The minimum Gasteiger partial charge on any atom is -0.467 e. The third-order valence-corrected chi connectivity index (χ3v) is 6.32. The Labute approximate surface area is 196 Å². The van der Waals surface area contributed by atoms with Gasteiger partial charge in [0.15, 0.2) is 5.65 Å². The maximum absolute atomic E-state index is 5.57. The lowest BCUT2D eigenvalue weighted by Gasteiger charge is -2.32. The van der Waals surface area contributed by atoms with Gasteiger partial charge in [-0.25, -0.2) is 15.0 Å². The number of furan rings is 1. The van der Waals surface area contributed by atoms with Crippen molar-refractivity contribution in [2.24, 2.45) is 0 Å². The van der Waals surface area contributed by atoms with E-state index in [2.05, 4.69) is 40.0 Å². The zero-order chi connectivity index (χ0) is 22.7. The van der Waals surface area contributed by atoms with Crippen LogP contribution in [0.3, 0.4) is 0 Å². The number of rotatable bonds is 8. The molecule has 0 aromatic carbocycles. The molecule has 0 amide bonds. The Bertz CT molecular complexity index is 1330. The van der Waals surface area contributed by atoms with Crippen LogP contribution in [0.1, 0.15) is 18.6 Å². The quantitative estimate of drug-likeness (QED) is 0.325. The van der Waals surface area contributed by atoms with Gasteiger partial charge in [0.25, 0.3) is 0 Å². The number of nitrogens with one attached hydrogen (secondary N) is 3. The number of likely N-dealkylation sites (tertiary alicyclic amines) is 1. The summed E-state index contributed by atoms with van der Waals surface area (Å²) in [7, 11) is 0. The third-order valence-electron chi connectivity index (χ3n) is 6.32. The van der Waals surface area contributed by atoms with Crippen LogP contribution in [0.15, 0.2) is 59.6 Å². The van der Waals surface area contributed by atoms with Gasteiger partial charge in [0.2, 0.25) is 11.9 Å². The van der Waals surface area contributed by atoms with Crippen molar-refractivity contribution in [1.29, 1.82) is 0 Å². The molecular formula is C24H27N9O. The minimum absolute atomic E-state index is 0.374. The van der Waals surface area contributed by atoms with Crippen molar-refractivity contribution < 1.29 is 4.42 Å². The fourth-order valence-corrected chi connectivity index (χ4v) is 4.53. The lowest BCUT2D eigenvalue weighted by Crippen LogP contribution is -2.41. The highest BCUT2D eigenvalue weighted by atomic mass is 16.3. The predicted molar refractivity (Wildman–Crippen MR) is 131 cm³/mol. The van der Waals surface area contributed by atoms with Crippen molar-refractivity contribution in [2.45, 2.75) is 25.4 Å². The minimum atomic E-state index is 0.374. The van der Waals surface area contributed by atoms with Gasteiger partial charge in [-0.3, -0.25) is 9.55 Å². The summed E-state index contributed by atoms with van der Waals surface area (Å²) in [4.78, 5) is 23.8. The van der Waals surface area contributed by atoms with Crippen LogP contribution in [0, 0.1) is 0 Å². The van der Waals surface area contributed by atoms with Crippen molar-refractivity contribution in [2.75, 3.05) is 36.8 Å². The van der Waals surface area contributed by atoms with E-state index in [4.69, 9.17) is 9.40 Å². The van der Waals surface area contributed by atoms with Crippen LogP contribution < -0.4 is 10.6 Å². The maximum atomic E-state index is 5.57. The Hall–Kier alpha value is -3.92. The average molecular weight is 458 g/mol. The SMILES string of the molecule is c1coc(Cn2c(NC3CCN(CCNc4nc5ccncc5[nH]4)CC3)nc3cccnc32)c1. The van der Waals surface area contributed by atoms with Crippen molar-refractivity contribution in [3.8, 4) is 0 Å². The first kappa shape index (κ1) is 20.7. The topological polar surface area (TPSA) is 113 Å². The van der Waals surface area contributed by atoms with E-state index in [-0.39, 0.29) is 0 Å². The summed E-state index contributed by atoms with van der Waals surface area (Å²) in [6.45, 7) is 4.50. The van der Waals surface area contributed by atoms with Crippen LogP contribution in [0.2, 0.25) is 0 Å². The summed E-state index contributed by atoms with van der Waals surface area (Å²) >= 11 is 0. The van der Waals surface area contributed by atoms with E-state index >= 15 is 0 Å². The van der Waals surface area contributed by atoms with E-state index < -0.39 is 0 Å². The van der Waals surface area contributed by atoms with Crippen LogP contribution in [0.4, 0.5) is 11.9 Å². The molecule has 0 aliphatic carbocycles. The van der Waals surface area contributed by atoms with Crippen molar-refractivity contribution in [3.05, 3.63) is 60.9 Å². The molecule has 0 unspecified atom stereocenters. The van der Waals surface area contributed by atoms with Gasteiger partial charge in [-0.05, 0) is 43.2 Å². The van der Waals surface area contributed by atoms with Gasteiger partial charge in [-0.1, -0.05) is 0 Å². The molecule has 1 aliphatic rings. The molecule has 1 aliphatic heterocycles. The predicted octanol–water partition coefficient (Wildman–Crippen LogP) is 3.33. The zero-order valence-electron chi connectivity index (χ0n) is 18.8. The Morgan fingerprint density at radius 2 is 2.00 bits per heavy atom. The van der Waals surface area contributed by atoms with Gasteiger partial charge < -0.3 is 24.9 Å². The largest absolute Gasteiger partial charge is 0.467 e. The molecule has 1 fully saturated rings. The number of hydrogen-bond acceptors (Lipinski definition) is 8. The van der Waals surface area contributed by atoms with Gasteiger partial charge in [0, 0.05) is 44.6 Å². The number of aromatic amines is 1. The van der Waals surface area contributed by atoms with E-state index in [9.17, 15) is 0 Å². The van der Waals surface area contributed by atoms with E-state index in [0.29, 0.717) is 12.6 Å². The van der Waals surface area contributed by atoms with Crippen molar-refractivity contribution >= 4 is 34.1 Å². The van der Waals surface area contributed by atoms with Gasteiger partial charge in [0.05, 0.1) is 30.0 Å². The third kappa shape index (κ3) is 4.32. The monoisotopic (exact) mass is 457 g/mol. The summed E-state index contributed by atoms with van der Waals surface area (Å²) in [5.74, 6) is 2.53. The van der Waals surface area contributed by atoms with Crippen LogP contribution in [0.25, 0.3) is 22.2 Å². The summed E-state index contributed by atoms with van der Waals surface area (Å²) in [6, 6.07) is 10.1. The lowest BCUT2D eigenvalue weighted by molar-refractivity contribution is 0.226. The normalized spacial score (nSPS) is 15.3. The molecule has 5 aromatic rings. The number of imidazole rings is 2. The molecule has 0 atom stereocenters. The molecule has 5 aromatic heterocycles. The fraction of sp³-hybridized carbons (Fsp3) is 0.333. The fourth-order valence-electron chi connectivity index (χ4n) is 4.53. The molecule has 0 radical (unpaired) electrons. The molecule has 6 heterocycles. The molecule has 34 heavy (non-hydrogen) atoms. The zero-order valence-corrected chi connectivity index (χ0v) is 18.8. The molecular weight excluding hydrogens is 430 g/mol. The van der Waals surface area contributed by atoms with E-state index in [1.54, 1.807) is 24.9 Å². The Morgan fingerprint density at radius 3 is 2.85 bits per heavy atom. The summed E-state index contributed by atoms with van der Waals surface area (Å²) in [5.41, 5.74) is 3.63. The maximum Gasteiger partial charge on any atom is 0.205 e. The summed E-state index contributed by atoms with van der Waals surface area (Å²) in [5, 5.41) is 7.07. The number of anilines is 2. The summed E-state index contributed by atoms with van der Waals surface area (Å²) in [6.07, 6.45) is 9.19. The first-order valence-corrected chi connectivity index (χ1v) is 11.7. The molecule has 1 saturated heterocycles. The molecule has 10 heteroatoms. The number of aromatic nitrogens is 6. The van der Waals surface area contributed by atoms with E-state index in [1.165, 1.54) is 0 Å². The highest BCUT2D eigenvalue weighted by Crippen LogP contribution is 2.22. The first-order valence-electron chi connectivity index (χ1n) is 11.7. The molecule has 10 nitrogen and oxygen atoms in total. The number of H-pyrrole nitrogens is 1. The molecule has 0 bridgehead atoms. The average Bonchev–Trinajstić information content (AvgIpc) is 3.60. The van der Waals surface area contributed by atoms with Crippen LogP contribution >= 0.6 is 0 Å². The van der Waals surface area contributed by atoms with Gasteiger partial charge in [-0.15, -0.1) is 0 Å². The number of piperidine rings is 1. The van der Waals surface area contributed by atoms with Crippen LogP contribution in [0.5, 0.6) is 0 Å². The van der Waals surface area contributed by atoms with Crippen molar-refractivity contribution in [1.82, 2.24) is 34.4 Å². The van der Waals surface area contributed by atoms with Gasteiger partial charge >= 0.3 is 0 Å². The lowest BCUT2D eigenvalue weighted by atomic mass is 10.1. The molecule has 0 saturated carbocycles. The molecule has 174 valence electrons. The highest BCUT2D eigenvalue weighted by molar-refractivity contribution is 5.76. The Morgan fingerprint density at radius 1 is 1.06 bits per heavy atom. The molecule has 3 N–H and O–H groups in total. The molecule has 6 rings (SSSR count). The van der Waals surface area contributed by atoms with Gasteiger partial charge in [-0.2, -0.15) is 0 Å². The number of fused-ring (bicyclic) bond motifs is 2. The first-order chi connectivity index (χ1) is 16.8. The Kier molecular flexibility index (Phi) is 5.56. The van der Waals surface area contributed by atoms with E-state index in [1.807, 2.05) is 30.3 Å². The highest BCUT2D eigenvalue weighted by Gasteiger charge is 2.22. The number of nitrogens with zero attached hydrogens (tertiary/aromatic N) is 6. The standard InChI is InChI=1S/C24H27N9O/c1-4-20-22(26-8-1)33(16-18-3-2-14-34-18)24(31-20)28-17-6-11-32(12-7-17)13-10-27-23-29-19-5-9-25-15-21(19)30-23/h1-5,8-9,14-15,17H,6-7,10-13,16H2,(H,28,31)(H2,27,29,30). The number of pyridine rings is 2.